The lowest BCUT2D eigenvalue weighted by molar-refractivity contribution is -0.870. The van der Waals surface area contributed by atoms with Crippen LogP contribution in [-0.4, -0.2) is 74.9 Å². The van der Waals surface area contributed by atoms with Gasteiger partial charge in [0.25, 0.3) is 0 Å². The summed E-state index contributed by atoms with van der Waals surface area (Å²) in [6, 6.07) is 0. The monoisotopic (exact) mass is 1030 g/mol. The van der Waals surface area contributed by atoms with E-state index in [-0.39, 0.29) is 26.1 Å². The van der Waals surface area contributed by atoms with Crippen LogP contribution in [0.2, 0.25) is 0 Å². The molecule has 0 saturated heterocycles. The second-order valence-electron chi connectivity index (χ2n) is 20.3. The molecule has 9 nitrogen and oxygen atoms in total. The topological polar surface area (TPSA) is 108 Å². The van der Waals surface area contributed by atoms with Crippen molar-refractivity contribution in [1.82, 2.24) is 0 Å². The Hall–Kier alpha value is -3.07. The number of phosphoric acid groups is 1. The van der Waals surface area contributed by atoms with Gasteiger partial charge < -0.3 is 18.9 Å². The van der Waals surface area contributed by atoms with Crippen LogP contribution >= 0.6 is 7.82 Å². The number of hydrogen-bond donors (Lipinski definition) is 1. The van der Waals surface area contributed by atoms with E-state index in [4.69, 9.17) is 18.5 Å². The number of carbonyl (C=O) groups excluding carboxylic acids is 2. The number of ether oxygens (including phenoxy) is 2. The van der Waals surface area contributed by atoms with Gasteiger partial charge in [-0.3, -0.25) is 18.6 Å². The quantitative estimate of drug-likeness (QED) is 0.0211. The van der Waals surface area contributed by atoms with Crippen LogP contribution in [-0.2, 0) is 32.7 Å². The molecule has 0 aliphatic heterocycles. The van der Waals surface area contributed by atoms with Gasteiger partial charge in [-0.05, 0) is 89.9 Å². The Balaban J connectivity index is 4.07. The molecule has 0 rings (SSSR count). The van der Waals surface area contributed by atoms with Crippen LogP contribution in [0.5, 0.6) is 0 Å². The smallest absolute Gasteiger partial charge is 0.462 e. The molecule has 2 unspecified atom stereocenters. The molecule has 0 amide bonds. The van der Waals surface area contributed by atoms with Gasteiger partial charge >= 0.3 is 19.8 Å². The Bertz CT molecular complexity index is 1540. The highest BCUT2D eigenvalue weighted by atomic mass is 31.2. The van der Waals surface area contributed by atoms with Gasteiger partial charge in [0, 0.05) is 12.8 Å². The molecule has 0 saturated carbocycles. The molecule has 0 bridgehead atoms. The third-order valence-electron chi connectivity index (χ3n) is 12.1. The zero-order valence-electron chi connectivity index (χ0n) is 46.9. The molecule has 414 valence electrons. The van der Waals surface area contributed by atoms with Gasteiger partial charge in [-0.15, -0.1) is 0 Å². The highest BCUT2D eigenvalue weighted by molar-refractivity contribution is 7.47. The van der Waals surface area contributed by atoms with Crippen molar-refractivity contribution in [3.05, 3.63) is 97.2 Å². The van der Waals surface area contributed by atoms with Crippen molar-refractivity contribution in [2.45, 2.75) is 238 Å². The van der Waals surface area contributed by atoms with Crippen molar-refractivity contribution in [2.24, 2.45) is 0 Å². The molecular formula is C62H109NO8P+. The second-order valence-corrected chi connectivity index (χ2v) is 21.7. The third kappa shape index (κ3) is 56.2. The van der Waals surface area contributed by atoms with E-state index in [9.17, 15) is 19.0 Å². The maximum absolute atomic E-state index is 12.8. The molecule has 0 aromatic heterocycles. The van der Waals surface area contributed by atoms with E-state index in [1.807, 2.05) is 21.1 Å². The fourth-order valence-electron chi connectivity index (χ4n) is 7.70. The van der Waals surface area contributed by atoms with E-state index in [0.29, 0.717) is 23.9 Å². The van der Waals surface area contributed by atoms with E-state index in [1.54, 1.807) is 0 Å². The highest BCUT2D eigenvalue weighted by Gasteiger charge is 2.27. The van der Waals surface area contributed by atoms with Crippen LogP contribution in [0, 0.1) is 0 Å². The fourth-order valence-corrected chi connectivity index (χ4v) is 8.45. The van der Waals surface area contributed by atoms with Crippen molar-refractivity contribution in [2.75, 3.05) is 47.5 Å². The van der Waals surface area contributed by atoms with Gasteiger partial charge in [0.1, 0.15) is 19.8 Å². The first-order chi connectivity index (χ1) is 35.0. The van der Waals surface area contributed by atoms with Gasteiger partial charge in [0.05, 0.1) is 27.7 Å². The Morgan fingerprint density at radius 1 is 0.431 bits per heavy atom. The normalized spacial score (nSPS) is 14.0. The predicted octanol–water partition coefficient (Wildman–Crippen LogP) is 18.0. The molecule has 0 aliphatic carbocycles. The number of nitrogens with zero attached hydrogens (tertiary/aromatic N) is 1. The summed E-state index contributed by atoms with van der Waals surface area (Å²) in [6.45, 7) is 4.16. The zero-order valence-corrected chi connectivity index (χ0v) is 47.8. The highest BCUT2D eigenvalue weighted by Crippen LogP contribution is 2.43. The van der Waals surface area contributed by atoms with Crippen molar-refractivity contribution in [3.8, 4) is 0 Å². The molecule has 2 atom stereocenters. The molecule has 0 spiro atoms. The molecule has 1 N–H and O–H groups in total. The standard InChI is InChI=1S/C62H108NO8P/c1-6-8-10-12-14-16-18-20-22-23-24-25-26-27-28-29-30-31-32-33-34-35-36-37-38-39-41-43-45-47-49-51-53-55-62(65)71-60(59-70-72(66,67)69-57-56-63(3,4)5)58-68-61(64)54-52-50-48-46-44-42-40-21-19-17-15-13-11-9-7-2/h8-11,14-17,20-22,24-25,40,44,46,60H,6-7,12-13,18-19,23,26-39,41-43,45,47-59H2,1-5H3/p+1/b10-8-,11-9-,16-14-,17-15-,22-20-,25-24-,40-21-,46-44-. The molecule has 10 heteroatoms. The summed E-state index contributed by atoms with van der Waals surface area (Å²) in [5.74, 6) is -0.846. The Labute approximate surface area is 443 Å². The van der Waals surface area contributed by atoms with Crippen LogP contribution in [0.4, 0.5) is 0 Å². The van der Waals surface area contributed by atoms with Crippen molar-refractivity contribution < 1.29 is 42.1 Å². The SMILES string of the molecule is CC/C=C\C/C=C\C/C=C\C/C=C\CCCCCCCCCCCCCCCCCCCCCCC(=O)OC(COC(=O)CCCC/C=C\C/C=C\C/C=C\C/C=C\CC)COP(=O)(O)OCC[N+](C)(C)C. The van der Waals surface area contributed by atoms with E-state index >= 15 is 0 Å². The number of esters is 2. The van der Waals surface area contributed by atoms with E-state index in [1.165, 1.54) is 109 Å². The second kappa shape index (κ2) is 52.8. The number of rotatable bonds is 52. The lowest BCUT2D eigenvalue weighted by atomic mass is 10.0. The molecule has 0 fully saturated rings. The summed E-state index contributed by atoms with van der Waals surface area (Å²) in [4.78, 5) is 35.6. The van der Waals surface area contributed by atoms with E-state index < -0.39 is 32.5 Å². The summed E-state index contributed by atoms with van der Waals surface area (Å²) < 4.78 is 34.5. The fraction of sp³-hybridized carbons (Fsp3) is 0.710. The van der Waals surface area contributed by atoms with Gasteiger partial charge in [-0.2, -0.15) is 0 Å². The average Bonchev–Trinajstić information content (AvgIpc) is 3.34. The first-order valence-electron chi connectivity index (χ1n) is 29.0. The van der Waals surface area contributed by atoms with Gasteiger partial charge in [0.2, 0.25) is 0 Å². The summed E-state index contributed by atoms with van der Waals surface area (Å²) in [5.41, 5.74) is 0. The van der Waals surface area contributed by atoms with Gasteiger partial charge in [-0.25, -0.2) is 4.57 Å². The van der Waals surface area contributed by atoms with Crippen LogP contribution in [0.25, 0.3) is 0 Å². The molecule has 0 heterocycles. The zero-order chi connectivity index (χ0) is 52.7. The lowest BCUT2D eigenvalue weighted by Crippen LogP contribution is -2.37. The van der Waals surface area contributed by atoms with E-state index in [0.717, 1.165) is 83.5 Å². The van der Waals surface area contributed by atoms with Crippen LogP contribution in [0.1, 0.15) is 232 Å². The van der Waals surface area contributed by atoms with E-state index in [2.05, 4.69) is 111 Å². The Kier molecular flexibility index (Phi) is 50.5. The van der Waals surface area contributed by atoms with Crippen molar-refractivity contribution in [3.63, 3.8) is 0 Å². The van der Waals surface area contributed by atoms with Crippen LogP contribution in [0.3, 0.4) is 0 Å². The number of likely N-dealkylation sites (N-methyl/N-ethyl adjacent to an activating group) is 1. The predicted molar refractivity (Wildman–Crippen MR) is 307 cm³/mol. The minimum Gasteiger partial charge on any atom is -0.462 e. The summed E-state index contributed by atoms with van der Waals surface area (Å²) in [5, 5.41) is 0. The number of hydrogen-bond acceptors (Lipinski definition) is 7. The molecular weight excluding hydrogens is 918 g/mol. The largest absolute Gasteiger partial charge is 0.472 e. The Morgan fingerprint density at radius 2 is 0.750 bits per heavy atom. The molecule has 72 heavy (non-hydrogen) atoms. The van der Waals surface area contributed by atoms with Crippen LogP contribution in [0.15, 0.2) is 97.2 Å². The molecule has 0 aromatic rings. The summed E-state index contributed by atoms with van der Waals surface area (Å²) in [6.07, 6.45) is 72.1. The summed E-state index contributed by atoms with van der Waals surface area (Å²) >= 11 is 0. The number of carbonyl (C=O) groups is 2. The number of phosphoric ester groups is 1. The maximum atomic E-state index is 12.8. The first-order valence-corrected chi connectivity index (χ1v) is 30.5. The Morgan fingerprint density at radius 3 is 1.14 bits per heavy atom. The third-order valence-corrected chi connectivity index (χ3v) is 13.1. The molecule has 0 radical (unpaired) electrons. The van der Waals surface area contributed by atoms with Gasteiger partial charge in [-0.1, -0.05) is 227 Å². The minimum atomic E-state index is -4.40. The lowest BCUT2D eigenvalue weighted by Gasteiger charge is -2.24. The van der Waals surface area contributed by atoms with Crippen LogP contribution < -0.4 is 0 Å². The number of quaternary nitrogens is 1. The number of unbranched alkanes of at least 4 members (excludes halogenated alkanes) is 22. The first kappa shape index (κ1) is 68.9. The molecule has 0 aliphatic rings. The maximum Gasteiger partial charge on any atom is 0.472 e. The molecule has 0 aromatic carbocycles. The van der Waals surface area contributed by atoms with Crippen molar-refractivity contribution in [1.29, 1.82) is 0 Å². The van der Waals surface area contributed by atoms with Crippen molar-refractivity contribution >= 4 is 19.8 Å². The summed E-state index contributed by atoms with van der Waals surface area (Å²) in [7, 11) is 1.45. The van der Waals surface area contributed by atoms with Gasteiger partial charge in [0.15, 0.2) is 6.10 Å². The average molecular weight is 1030 g/mol. The number of allylic oxidation sites excluding steroid dienone is 16. The minimum absolute atomic E-state index is 0.0220.